The quantitative estimate of drug-likeness (QED) is 0.450. The lowest BCUT2D eigenvalue weighted by Gasteiger charge is -2.28. The van der Waals surface area contributed by atoms with E-state index in [2.05, 4.69) is 18.7 Å². The number of carbonyl (C=O) groups is 1. The van der Waals surface area contributed by atoms with Gasteiger partial charge in [0.2, 0.25) is 15.9 Å². The van der Waals surface area contributed by atoms with Gasteiger partial charge in [0, 0.05) is 25.6 Å². The SMILES string of the molecule is CCN(CCCCN1CCCCCC1=O)C(C)Cc1ccc(S(=O)(=O)NCC(F)(F)F)cc1. The van der Waals surface area contributed by atoms with Gasteiger partial charge in [-0.3, -0.25) is 4.79 Å². The van der Waals surface area contributed by atoms with E-state index in [9.17, 15) is 26.4 Å². The number of amides is 1. The molecule has 1 N–H and O–H groups in total. The van der Waals surface area contributed by atoms with Crippen molar-refractivity contribution in [3.63, 3.8) is 0 Å². The van der Waals surface area contributed by atoms with Crippen molar-refractivity contribution >= 4 is 15.9 Å². The third-order valence-electron chi connectivity index (χ3n) is 6.05. The second-order valence-electron chi connectivity index (χ2n) is 8.66. The first kappa shape index (κ1) is 27.6. The van der Waals surface area contributed by atoms with Gasteiger partial charge in [0.15, 0.2) is 0 Å². The lowest BCUT2D eigenvalue weighted by molar-refractivity contribution is -0.130. The number of sulfonamides is 1. The van der Waals surface area contributed by atoms with Crippen LogP contribution in [0.5, 0.6) is 0 Å². The van der Waals surface area contributed by atoms with Gasteiger partial charge in [-0.1, -0.05) is 25.5 Å². The van der Waals surface area contributed by atoms with E-state index in [0.717, 1.165) is 63.8 Å². The van der Waals surface area contributed by atoms with E-state index < -0.39 is 22.7 Å². The van der Waals surface area contributed by atoms with Gasteiger partial charge in [-0.25, -0.2) is 13.1 Å². The van der Waals surface area contributed by atoms with Crippen LogP contribution in [0.4, 0.5) is 13.2 Å². The van der Waals surface area contributed by atoms with Gasteiger partial charge in [-0.15, -0.1) is 0 Å². The third kappa shape index (κ3) is 9.62. The molecule has 33 heavy (non-hydrogen) atoms. The fourth-order valence-corrected chi connectivity index (χ4v) is 5.13. The number of alkyl halides is 3. The first-order chi connectivity index (χ1) is 15.5. The molecular weight excluding hydrogens is 455 g/mol. The molecule has 1 atom stereocenters. The lowest BCUT2D eigenvalue weighted by atomic mass is 10.1. The Bertz CT molecular complexity index is 845. The number of benzene rings is 1. The van der Waals surface area contributed by atoms with Crippen LogP contribution in [0.2, 0.25) is 0 Å². The van der Waals surface area contributed by atoms with Crippen LogP contribution < -0.4 is 4.72 Å². The van der Waals surface area contributed by atoms with E-state index in [-0.39, 0.29) is 16.8 Å². The van der Waals surface area contributed by atoms with Crippen LogP contribution in [-0.2, 0) is 21.2 Å². The first-order valence-electron chi connectivity index (χ1n) is 11.7. The second kappa shape index (κ2) is 12.7. The number of unbranched alkanes of at least 4 members (excludes halogenated alkanes) is 1. The average molecular weight is 492 g/mol. The number of nitrogens with one attached hydrogen (secondary N) is 1. The predicted octanol–water partition coefficient (Wildman–Crippen LogP) is 3.96. The summed E-state index contributed by atoms with van der Waals surface area (Å²) in [7, 11) is -4.20. The normalized spacial score (nSPS) is 16.8. The maximum Gasteiger partial charge on any atom is 0.402 e. The van der Waals surface area contributed by atoms with E-state index in [1.807, 2.05) is 4.90 Å². The molecule has 0 bridgehead atoms. The van der Waals surface area contributed by atoms with Gasteiger partial charge in [-0.05, 0) is 69.8 Å². The van der Waals surface area contributed by atoms with Crippen LogP contribution in [0.25, 0.3) is 0 Å². The number of hydrogen-bond donors (Lipinski definition) is 1. The van der Waals surface area contributed by atoms with E-state index in [1.165, 1.54) is 12.1 Å². The van der Waals surface area contributed by atoms with Crippen molar-refractivity contribution in [3.8, 4) is 0 Å². The monoisotopic (exact) mass is 491 g/mol. The van der Waals surface area contributed by atoms with Gasteiger partial charge < -0.3 is 9.80 Å². The standard InChI is InChI=1S/C23H36F3N3O3S/c1-3-28(14-7-8-16-29-15-6-4-5-9-22(29)30)19(2)17-20-10-12-21(13-11-20)33(31,32)27-18-23(24,25)26/h10-13,19,27H,3-9,14-18H2,1-2H3. The van der Waals surface area contributed by atoms with Crippen LogP contribution >= 0.6 is 0 Å². The van der Waals surface area contributed by atoms with Gasteiger partial charge in [0.25, 0.3) is 0 Å². The van der Waals surface area contributed by atoms with Gasteiger partial charge in [0.1, 0.15) is 6.54 Å². The fraction of sp³-hybridized carbons (Fsp3) is 0.696. The summed E-state index contributed by atoms with van der Waals surface area (Å²) in [4.78, 5) is 16.3. The van der Waals surface area contributed by atoms with Crippen LogP contribution in [0, 0.1) is 0 Å². The Kier molecular flexibility index (Phi) is 10.6. The molecule has 1 unspecified atom stereocenters. The number of carbonyl (C=O) groups excluding carboxylic acids is 1. The first-order valence-corrected chi connectivity index (χ1v) is 13.2. The van der Waals surface area contributed by atoms with E-state index >= 15 is 0 Å². The van der Waals surface area contributed by atoms with Crippen molar-refractivity contribution in [1.82, 2.24) is 14.5 Å². The van der Waals surface area contributed by atoms with Crippen molar-refractivity contribution in [2.75, 3.05) is 32.7 Å². The molecule has 1 aromatic carbocycles. The number of likely N-dealkylation sites (N-methyl/N-ethyl adjacent to an activating group) is 1. The molecule has 188 valence electrons. The minimum absolute atomic E-state index is 0.182. The Labute approximate surface area is 195 Å². The van der Waals surface area contributed by atoms with E-state index in [4.69, 9.17) is 0 Å². The minimum Gasteiger partial charge on any atom is -0.343 e. The van der Waals surface area contributed by atoms with Crippen LogP contribution in [0.3, 0.4) is 0 Å². The maximum atomic E-state index is 12.3. The molecule has 0 aromatic heterocycles. The molecule has 1 aliphatic heterocycles. The number of halogens is 3. The average Bonchev–Trinajstić information content (AvgIpc) is 2.96. The summed E-state index contributed by atoms with van der Waals surface area (Å²) in [6.45, 7) is 6.07. The summed E-state index contributed by atoms with van der Waals surface area (Å²) in [5, 5.41) is 0. The smallest absolute Gasteiger partial charge is 0.343 e. The highest BCUT2D eigenvalue weighted by Crippen LogP contribution is 2.17. The molecule has 0 aliphatic carbocycles. The van der Waals surface area contributed by atoms with Crippen molar-refractivity contribution in [1.29, 1.82) is 0 Å². The Morgan fingerprint density at radius 3 is 2.45 bits per heavy atom. The highest BCUT2D eigenvalue weighted by molar-refractivity contribution is 7.89. The molecule has 1 heterocycles. The van der Waals surface area contributed by atoms with Crippen molar-refractivity contribution in [2.24, 2.45) is 0 Å². The molecule has 0 spiro atoms. The van der Waals surface area contributed by atoms with Crippen molar-refractivity contribution in [3.05, 3.63) is 29.8 Å². The molecular formula is C23H36F3N3O3S. The molecule has 0 radical (unpaired) electrons. The Hall–Kier alpha value is -1.65. The highest BCUT2D eigenvalue weighted by atomic mass is 32.2. The molecule has 1 aromatic rings. The second-order valence-corrected chi connectivity index (χ2v) is 10.4. The van der Waals surface area contributed by atoms with Gasteiger partial charge in [0.05, 0.1) is 4.90 Å². The van der Waals surface area contributed by atoms with E-state index in [0.29, 0.717) is 12.8 Å². The summed E-state index contributed by atoms with van der Waals surface area (Å²) in [6, 6.07) is 6.21. The summed E-state index contributed by atoms with van der Waals surface area (Å²) in [5.41, 5.74) is 0.922. The fourth-order valence-electron chi connectivity index (χ4n) is 4.12. The zero-order chi connectivity index (χ0) is 24.5. The molecule has 6 nitrogen and oxygen atoms in total. The zero-order valence-corrected chi connectivity index (χ0v) is 20.3. The highest BCUT2D eigenvalue weighted by Gasteiger charge is 2.30. The van der Waals surface area contributed by atoms with Gasteiger partial charge in [-0.2, -0.15) is 13.2 Å². The van der Waals surface area contributed by atoms with Crippen LogP contribution in [-0.4, -0.2) is 69.1 Å². The van der Waals surface area contributed by atoms with E-state index in [1.54, 1.807) is 16.9 Å². The zero-order valence-electron chi connectivity index (χ0n) is 19.5. The molecule has 1 amide bonds. The molecule has 1 fully saturated rings. The topological polar surface area (TPSA) is 69.7 Å². The summed E-state index contributed by atoms with van der Waals surface area (Å²) in [6.07, 6.45) is 1.92. The number of hydrogen-bond acceptors (Lipinski definition) is 4. The molecule has 1 aliphatic rings. The lowest BCUT2D eigenvalue weighted by Crippen LogP contribution is -2.36. The van der Waals surface area contributed by atoms with Crippen molar-refractivity contribution in [2.45, 2.75) is 75.9 Å². The largest absolute Gasteiger partial charge is 0.402 e. The van der Waals surface area contributed by atoms with Crippen LogP contribution in [0.15, 0.2) is 29.2 Å². The number of nitrogens with zero attached hydrogens (tertiary/aromatic N) is 2. The Morgan fingerprint density at radius 2 is 1.82 bits per heavy atom. The van der Waals surface area contributed by atoms with Crippen molar-refractivity contribution < 1.29 is 26.4 Å². The van der Waals surface area contributed by atoms with Gasteiger partial charge >= 0.3 is 6.18 Å². The Balaban J connectivity index is 1.82. The number of rotatable bonds is 12. The van der Waals surface area contributed by atoms with Crippen LogP contribution in [0.1, 0.15) is 57.9 Å². The maximum absolute atomic E-state index is 12.3. The third-order valence-corrected chi connectivity index (χ3v) is 7.47. The molecule has 0 saturated carbocycles. The Morgan fingerprint density at radius 1 is 1.12 bits per heavy atom. The molecule has 2 rings (SSSR count). The minimum atomic E-state index is -4.60. The molecule has 10 heteroatoms. The summed E-state index contributed by atoms with van der Waals surface area (Å²) in [5.74, 6) is 0.271. The number of likely N-dealkylation sites (tertiary alicyclic amines) is 1. The predicted molar refractivity (Wildman–Crippen MR) is 122 cm³/mol. The summed E-state index contributed by atoms with van der Waals surface area (Å²) < 4.78 is 62.5. The summed E-state index contributed by atoms with van der Waals surface area (Å²) >= 11 is 0. The molecule has 1 saturated heterocycles.